The zero-order valence-corrected chi connectivity index (χ0v) is 11.4. The van der Waals surface area contributed by atoms with Crippen LogP contribution >= 0.6 is 11.8 Å². The highest BCUT2D eigenvalue weighted by atomic mass is 32.2. The molecule has 1 aromatic carbocycles. The van der Waals surface area contributed by atoms with Crippen LogP contribution in [0.3, 0.4) is 0 Å². The van der Waals surface area contributed by atoms with Crippen molar-refractivity contribution in [1.82, 2.24) is 0 Å². The topological polar surface area (TPSA) is 23.5 Å². The van der Waals surface area contributed by atoms with E-state index in [1.807, 2.05) is 24.8 Å². The standard InChI is InChI=1S/C14H21NOS/c1-3-14(16)12-6-4-5-7-13(12)15-8-9-17-11(2)10-15/h4-7,11,14,16H,3,8-10H2,1-2H3. The molecule has 1 N–H and O–H groups in total. The van der Waals surface area contributed by atoms with Gasteiger partial charge in [-0.2, -0.15) is 11.8 Å². The zero-order valence-electron chi connectivity index (χ0n) is 10.6. The summed E-state index contributed by atoms with van der Waals surface area (Å²) in [4.78, 5) is 2.41. The van der Waals surface area contributed by atoms with Crippen LogP contribution in [0.1, 0.15) is 31.9 Å². The molecule has 2 atom stereocenters. The molecule has 0 spiro atoms. The lowest BCUT2D eigenvalue weighted by atomic mass is 10.0. The smallest absolute Gasteiger partial charge is 0.0807 e. The maximum absolute atomic E-state index is 10.1. The first kappa shape index (κ1) is 12.8. The van der Waals surface area contributed by atoms with Crippen molar-refractivity contribution in [3.63, 3.8) is 0 Å². The Kier molecular flexibility index (Phi) is 4.35. The Bertz CT molecular complexity index is 369. The quantitative estimate of drug-likeness (QED) is 0.893. The van der Waals surface area contributed by atoms with Crippen LogP contribution in [0.15, 0.2) is 24.3 Å². The predicted octanol–water partition coefficient (Wildman–Crippen LogP) is 3.07. The molecule has 0 saturated carbocycles. The first-order valence-corrected chi connectivity index (χ1v) is 7.40. The summed E-state index contributed by atoms with van der Waals surface area (Å²) in [6.07, 6.45) is 0.436. The minimum Gasteiger partial charge on any atom is -0.388 e. The number of aliphatic hydroxyl groups is 1. The number of hydrogen-bond donors (Lipinski definition) is 1. The third kappa shape index (κ3) is 2.96. The maximum atomic E-state index is 10.1. The Morgan fingerprint density at radius 2 is 2.24 bits per heavy atom. The highest BCUT2D eigenvalue weighted by Gasteiger charge is 2.20. The largest absolute Gasteiger partial charge is 0.388 e. The van der Waals surface area contributed by atoms with Gasteiger partial charge in [0.1, 0.15) is 0 Å². The average molecular weight is 251 g/mol. The number of para-hydroxylation sites is 1. The first-order chi connectivity index (χ1) is 8.22. The van der Waals surface area contributed by atoms with E-state index in [1.165, 1.54) is 11.4 Å². The summed E-state index contributed by atoms with van der Waals surface area (Å²) in [6, 6.07) is 8.26. The number of aliphatic hydroxyl groups excluding tert-OH is 1. The molecule has 0 aliphatic carbocycles. The summed E-state index contributed by atoms with van der Waals surface area (Å²) in [5, 5.41) is 10.8. The van der Waals surface area contributed by atoms with Gasteiger partial charge in [-0.25, -0.2) is 0 Å². The third-order valence-electron chi connectivity index (χ3n) is 3.26. The van der Waals surface area contributed by atoms with Gasteiger partial charge in [-0.05, 0) is 12.5 Å². The second kappa shape index (κ2) is 5.78. The summed E-state index contributed by atoms with van der Waals surface area (Å²) < 4.78 is 0. The van der Waals surface area contributed by atoms with Gasteiger partial charge in [0.05, 0.1) is 6.10 Å². The van der Waals surface area contributed by atoms with Gasteiger partial charge < -0.3 is 10.0 Å². The molecule has 0 aromatic heterocycles. The van der Waals surface area contributed by atoms with E-state index in [4.69, 9.17) is 0 Å². The monoisotopic (exact) mass is 251 g/mol. The van der Waals surface area contributed by atoms with Crippen molar-refractivity contribution in [1.29, 1.82) is 0 Å². The molecule has 1 aliphatic heterocycles. The Labute approximate surface area is 108 Å². The molecule has 0 radical (unpaired) electrons. The van der Waals surface area contributed by atoms with E-state index in [0.29, 0.717) is 5.25 Å². The van der Waals surface area contributed by atoms with Crippen LogP contribution in [0, 0.1) is 0 Å². The van der Waals surface area contributed by atoms with Crippen LogP contribution in [-0.4, -0.2) is 29.2 Å². The molecule has 0 amide bonds. The van der Waals surface area contributed by atoms with Crippen molar-refractivity contribution in [2.45, 2.75) is 31.6 Å². The molecule has 1 saturated heterocycles. The van der Waals surface area contributed by atoms with E-state index in [1.54, 1.807) is 0 Å². The van der Waals surface area contributed by atoms with Gasteiger partial charge in [-0.1, -0.05) is 32.0 Å². The van der Waals surface area contributed by atoms with Gasteiger partial charge in [0.25, 0.3) is 0 Å². The van der Waals surface area contributed by atoms with Crippen molar-refractivity contribution in [3.05, 3.63) is 29.8 Å². The Morgan fingerprint density at radius 3 is 2.94 bits per heavy atom. The van der Waals surface area contributed by atoms with Crippen molar-refractivity contribution in [2.24, 2.45) is 0 Å². The van der Waals surface area contributed by atoms with Crippen molar-refractivity contribution < 1.29 is 5.11 Å². The summed E-state index contributed by atoms with van der Waals surface area (Å²) in [5.74, 6) is 1.18. The van der Waals surface area contributed by atoms with Crippen LogP contribution in [0.25, 0.3) is 0 Å². The Balaban J connectivity index is 2.24. The molecular formula is C14H21NOS. The molecule has 17 heavy (non-hydrogen) atoms. The molecule has 2 unspecified atom stereocenters. The second-order valence-electron chi connectivity index (χ2n) is 4.61. The molecule has 0 bridgehead atoms. The molecule has 2 rings (SSSR count). The van der Waals surface area contributed by atoms with Crippen LogP contribution in [0.5, 0.6) is 0 Å². The Hall–Kier alpha value is -0.670. The molecular weight excluding hydrogens is 230 g/mol. The van der Waals surface area contributed by atoms with E-state index in [-0.39, 0.29) is 6.10 Å². The van der Waals surface area contributed by atoms with Crippen LogP contribution < -0.4 is 4.90 Å². The normalized spacial score (nSPS) is 22.5. The molecule has 3 heteroatoms. The SMILES string of the molecule is CCC(O)c1ccccc1N1CCSC(C)C1. The number of nitrogens with zero attached hydrogens (tertiary/aromatic N) is 1. The minimum absolute atomic E-state index is 0.337. The molecule has 2 nitrogen and oxygen atoms in total. The van der Waals surface area contributed by atoms with Crippen LogP contribution in [0.2, 0.25) is 0 Å². The number of hydrogen-bond acceptors (Lipinski definition) is 3. The lowest BCUT2D eigenvalue weighted by Gasteiger charge is -2.34. The second-order valence-corrected chi connectivity index (χ2v) is 6.16. The zero-order chi connectivity index (χ0) is 12.3. The summed E-state index contributed by atoms with van der Waals surface area (Å²) in [7, 11) is 0. The summed E-state index contributed by atoms with van der Waals surface area (Å²) >= 11 is 2.03. The lowest BCUT2D eigenvalue weighted by Crippen LogP contribution is -2.37. The highest BCUT2D eigenvalue weighted by Crippen LogP contribution is 2.31. The van der Waals surface area contributed by atoms with Gasteiger partial charge >= 0.3 is 0 Å². The number of thioether (sulfide) groups is 1. The minimum atomic E-state index is -0.337. The van der Waals surface area contributed by atoms with Crippen LogP contribution in [-0.2, 0) is 0 Å². The lowest BCUT2D eigenvalue weighted by molar-refractivity contribution is 0.174. The summed E-state index contributed by atoms with van der Waals surface area (Å²) in [5.41, 5.74) is 2.29. The first-order valence-electron chi connectivity index (χ1n) is 6.36. The average Bonchev–Trinajstić information content (AvgIpc) is 2.38. The Morgan fingerprint density at radius 1 is 1.47 bits per heavy atom. The van der Waals surface area contributed by atoms with Gasteiger partial charge in [-0.15, -0.1) is 0 Å². The highest BCUT2D eigenvalue weighted by molar-refractivity contribution is 8.00. The van der Waals surface area contributed by atoms with E-state index >= 15 is 0 Å². The van der Waals surface area contributed by atoms with Crippen molar-refractivity contribution >= 4 is 17.4 Å². The van der Waals surface area contributed by atoms with Gasteiger partial charge in [0, 0.05) is 35.3 Å². The fourth-order valence-electron chi connectivity index (χ4n) is 2.31. The van der Waals surface area contributed by atoms with Crippen molar-refractivity contribution in [2.75, 3.05) is 23.7 Å². The van der Waals surface area contributed by atoms with E-state index in [2.05, 4.69) is 30.0 Å². The van der Waals surface area contributed by atoms with Gasteiger partial charge in [0.2, 0.25) is 0 Å². The fourth-order valence-corrected chi connectivity index (χ4v) is 3.33. The van der Waals surface area contributed by atoms with Gasteiger partial charge in [0.15, 0.2) is 0 Å². The summed E-state index contributed by atoms with van der Waals surface area (Å²) in [6.45, 7) is 6.46. The predicted molar refractivity (Wildman–Crippen MR) is 75.8 cm³/mol. The molecule has 94 valence electrons. The number of rotatable bonds is 3. The molecule has 1 aliphatic rings. The van der Waals surface area contributed by atoms with Gasteiger partial charge in [-0.3, -0.25) is 0 Å². The van der Waals surface area contributed by atoms with E-state index < -0.39 is 0 Å². The molecule has 1 aromatic rings. The number of anilines is 1. The fraction of sp³-hybridized carbons (Fsp3) is 0.571. The third-order valence-corrected chi connectivity index (χ3v) is 4.40. The van der Waals surface area contributed by atoms with Crippen molar-refractivity contribution in [3.8, 4) is 0 Å². The van der Waals surface area contributed by atoms with E-state index in [0.717, 1.165) is 25.1 Å². The molecule has 1 heterocycles. The molecule has 1 fully saturated rings. The van der Waals surface area contributed by atoms with E-state index in [9.17, 15) is 5.11 Å². The maximum Gasteiger partial charge on any atom is 0.0807 e. The van der Waals surface area contributed by atoms with Crippen LogP contribution in [0.4, 0.5) is 5.69 Å². The number of benzene rings is 1.